The minimum Gasteiger partial charge on any atom is -0.477 e. The van der Waals surface area contributed by atoms with Gasteiger partial charge in [-0.15, -0.1) is 0 Å². The first-order chi connectivity index (χ1) is 7.46. The summed E-state index contributed by atoms with van der Waals surface area (Å²) < 4.78 is 0. The number of carboxylic acid groups (broad SMARTS) is 1. The van der Waals surface area contributed by atoms with E-state index >= 15 is 0 Å². The molecule has 0 aliphatic carbocycles. The van der Waals surface area contributed by atoms with Crippen molar-refractivity contribution in [3.8, 4) is 0 Å². The van der Waals surface area contributed by atoms with E-state index in [4.69, 9.17) is 5.11 Å². The molecule has 1 rings (SSSR count). The zero-order chi connectivity index (χ0) is 12.2. The van der Waals surface area contributed by atoms with Gasteiger partial charge in [-0.3, -0.25) is 0 Å². The maximum absolute atomic E-state index is 10.9. The summed E-state index contributed by atoms with van der Waals surface area (Å²) in [5, 5.41) is 12.0. The third-order valence-electron chi connectivity index (χ3n) is 2.63. The summed E-state index contributed by atoms with van der Waals surface area (Å²) in [6.45, 7) is 7.00. The fourth-order valence-corrected chi connectivity index (χ4v) is 1.07. The minimum absolute atomic E-state index is 0.106. The maximum atomic E-state index is 10.9. The molecule has 0 atom stereocenters. The van der Waals surface area contributed by atoms with Crippen molar-refractivity contribution in [2.75, 3.05) is 11.9 Å². The third-order valence-corrected chi connectivity index (χ3v) is 2.63. The Hall–Kier alpha value is -1.65. The quantitative estimate of drug-likeness (QED) is 0.798. The number of hydrogen-bond donors (Lipinski definition) is 2. The Morgan fingerprint density at radius 3 is 2.81 bits per heavy atom. The van der Waals surface area contributed by atoms with Gasteiger partial charge in [0.1, 0.15) is 17.7 Å². The SMILES string of the molecule is CCC(C)(C)CNc1ncncc1C(=O)O. The number of anilines is 1. The number of hydrogen-bond acceptors (Lipinski definition) is 4. The highest BCUT2D eigenvalue weighted by Gasteiger charge is 2.17. The Kier molecular flexibility index (Phi) is 3.82. The molecule has 0 radical (unpaired) electrons. The summed E-state index contributed by atoms with van der Waals surface area (Å²) in [6, 6.07) is 0. The Labute approximate surface area is 94.9 Å². The van der Waals surface area contributed by atoms with Crippen molar-refractivity contribution < 1.29 is 9.90 Å². The van der Waals surface area contributed by atoms with E-state index in [-0.39, 0.29) is 11.0 Å². The topological polar surface area (TPSA) is 75.1 Å². The van der Waals surface area contributed by atoms with Gasteiger partial charge in [-0.1, -0.05) is 20.8 Å². The molecule has 88 valence electrons. The predicted molar refractivity (Wildman–Crippen MR) is 61.6 cm³/mol. The molecule has 0 aliphatic heterocycles. The van der Waals surface area contributed by atoms with Gasteiger partial charge in [0.05, 0.1) is 0 Å². The standard InChI is InChI=1S/C11H17N3O2/c1-4-11(2,3)6-13-9-8(10(15)16)5-12-7-14-9/h5,7H,4,6H2,1-3H3,(H,15,16)(H,12,13,14). The van der Waals surface area contributed by atoms with Crippen LogP contribution in [0.4, 0.5) is 5.82 Å². The lowest BCUT2D eigenvalue weighted by Crippen LogP contribution is -2.23. The van der Waals surface area contributed by atoms with E-state index in [9.17, 15) is 4.79 Å². The summed E-state index contributed by atoms with van der Waals surface area (Å²) in [5.74, 6) is -0.638. The minimum atomic E-state index is -1.02. The van der Waals surface area contributed by atoms with E-state index in [1.54, 1.807) is 0 Å². The van der Waals surface area contributed by atoms with Crippen LogP contribution in [0.25, 0.3) is 0 Å². The van der Waals surface area contributed by atoms with E-state index in [0.717, 1.165) is 6.42 Å². The number of nitrogens with one attached hydrogen (secondary N) is 1. The van der Waals surface area contributed by atoms with Crippen LogP contribution < -0.4 is 5.32 Å². The summed E-state index contributed by atoms with van der Waals surface area (Å²) in [4.78, 5) is 18.5. The van der Waals surface area contributed by atoms with Gasteiger partial charge in [0.15, 0.2) is 0 Å². The van der Waals surface area contributed by atoms with Crippen LogP contribution in [0.3, 0.4) is 0 Å². The van der Waals surface area contributed by atoms with E-state index in [0.29, 0.717) is 12.4 Å². The zero-order valence-electron chi connectivity index (χ0n) is 9.82. The average Bonchev–Trinajstić information content (AvgIpc) is 2.27. The van der Waals surface area contributed by atoms with Crippen molar-refractivity contribution in [1.29, 1.82) is 0 Å². The third kappa shape index (κ3) is 3.18. The number of aromatic carboxylic acids is 1. The van der Waals surface area contributed by atoms with Crippen molar-refractivity contribution in [2.45, 2.75) is 27.2 Å². The van der Waals surface area contributed by atoms with Crippen molar-refractivity contribution >= 4 is 11.8 Å². The molecular weight excluding hydrogens is 206 g/mol. The molecule has 0 fully saturated rings. The fourth-order valence-electron chi connectivity index (χ4n) is 1.07. The Bertz CT molecular complexity index is 377. The molecule has 0 amide bonds. The molecule has 0 saturated heterocycles. The molecule has 0 aromatic carbocycles. The van der Waals surface area contributed by atoms with Crippen LogP contribution in [-0.2, 0) is 0 Å². The van der Waals surface area contributed by atoms with Gasteiger partial charge in [-0.2, -0.15) is 0 Å². The van der Waals surface area contributed by atoms with Crippen LogP contribution in [0.5, 0.6) is 0 Å². The average molecular weight is 223 g/mol. The van der Waals surface area contributed by atoms with Gasteiger partial charge < -0.3 is 10.4 Å². The summed E-state index contributed by atoms with van der Waals surface area (Å²) in [6.07, 6.45) is 3.65. The first-order valence-corrected chi connectivity index (χ1v) is 5.23. The van der Waals surface area contributed by atoms with Gasteiger partial charge in [0.25, 0.3) is 0 Å². The van der Waals surface area contributed by atoms with Crippen molar-refractivity contribution in [1.82, 2.24) is 9.97 Å². The van der Waals surface area contributed by atoms with Gasteiger partial charge in [0.2, 0.25) is 0 Å². The molecule has 2 N–H and O–H groups in total. The van der Waals surface area contributed by atoms with Crippen molar-refractivity contribution in [2.24, 2.45) is 5.41 Å². The molecule has 0 spiro atoms. The number of carbonyl (C=O) groups is 1. The predicted octanol–water partition coefficient (Wildman–Crippen LogP) is 2.02. The van der Waals surface area contributed by atoms with Crippen molar-refractivity contribution in [3.63, 3.8) is 0 Å². The first kappa shape index (κ1) is 12.4. The summed E-state index contributed by atoms with van der Waals surface area (Å²) in [5.41, 5.74) is 0.218. The number of aromatic nitrogens is 2. The van der Waals surface area contributed by atoms with Gasteiger partial charge in [-0.25, -0.2) is 14.8 Å². The number of nitrogens with zero attached hydrogens (tertiary/aromatic N) is 2. The van der Waals surface area contributed by atoms with Gasteiger partial charge in [0, 0.05) is 12.7 Å². The fraction of sp³-hybridized carbons (Fsp3) is 0.545. The Morgan fingerprint density at radius 1 is 1.56 bits per heavy atom. The second-order valence-electron chi connectivity index (χ2n) is 4.46. The second-order valence-corrected chi connectivity index (χ2v) is 4.46. The van der Waals surface area contributed by atoms with Gasteiger partial charge >= 0.3 is 5.97 Å². The molecule has 0 saturated carbocycles. The van der Waals surface area contributed by atoms with E-state index < -0.39 is 5.97 Å². The Morgan fingerprint density at radius 2 is 2.25 bits per heavy atom. The lowest BCUT2D eigenvalue weighted by Gasteiger charge is -2.23. The van der Waals surface area contributed by atoms with E-state index in [2.05, 4.69) is 36.1 Å². The van der Waals surface area contributed by atoms with E-state index in [1.165, 1.54) is 12.5 Å². The normalized spacial score (nSPS) is 11.2. The molecule has 0 bridgehead atoms. The number of carboxylic acids is 1. The zero-order valence-corrected chi connectivity index (χ0v) is 9.82. The van der Waals surface area contributed by atoms with Crippen LogP contribution >= 0.6 is 0 Å². The maximum Gasteiger partial charge on any atom is 0.341 e. The van der Waals surface area contributed by atoms with Crippen LogP contribution in [0.15, 0.2) is 12.5 Å². The smallest absolute Gasteiger partial charge is 0.341 e. The number of rotatable bonds is 5. The molecular formula is C11H17N3O2. The van der Waals surface area contributed by atoms with Crippen LogP contribution in [-0.4, -0.2) is 27.6 Å². The monoisotopic (exact) mass is 223 g/mol. The van der Waals surface area contributed by atoms with Crippen LogP contribution in [0.2, 0.25) is 0 Å². The van der Waals surface area contributed by atoms with Crippen LogP contribution in [0, 0.1) is 5.41 Å². The molecule has 16 heavy (non-hydrogen) atoms. The largest absolute Gasteiger partial charge is 0.477 e. The highest BCUT2D eigenvalue weighted by Crippen LogP contribution is 2.20. The lowest BCUT2D eigenvalue weighted by molar-refractivity contribution is 0.0697. The summed E-state index contributed by atoms with van der Waals surface area (Å²) >= 11 is 0. The Balaban J connectivity index is 2.78. The first-order valence-electron chi connectivity index (χ1n) is 5.23. The molecule has 1 aromatic heterocycles. The molecule has 5 nitrogen and oxygen atoms in total. The van der Waals surface area contributed by atoms with Gasteiger partial charge in [-0.05, 0) is 11.8 Å². The molecule has 1 aromatic rings. The van der Waals surface area contributed by atoms with E-state index in [1.807, 2.05) is 0 Å². The molecule has 1 heterocycles. The molecule has 0 aliphatic rings. The van der Waals surface area contributed by atoms with Crippen molar-refractivity contribution in [3.05, 3.63) is 18.1 Å². The molecule has 5 heteroatoms. The lowest BCUT2D eigenvalue weighted by atomic mass is 9.90. The highest BCUT2D eigenvalue weighted by molar-refractivity contribution is 5.92. The molecule has 0 unspecified atom stereocenters. The highest BCUT2D eigenvalue weighted by atomic mass is 16.4. The second kappa shape index (κ2) is 4.92. The summed E-state index contributed by atoms with van der Waals surface area (Å²) in [7, 11) is 0. The van der Waals surface area contributed by atoms with Crippen LogP contribution in [0.1, 0.15) is 37.6 Å².